The maximum atomic E-state index is 5.41. The number of halogens is 2. The van der Waals surface area contributed by atoms with Crippen LogP contribution in [0.4, 0.5) is 0 Å². The van der Waals surface area contributed by atoms with Crippen molar-refractivity contribution < 1.29 is 0 Å². The summed E-state index contributed by atoms with van der Waals surface area (Å²) >= 11 is 9.57. The van der Waals surface area contributed by atoms with Gasteiger partial charge in [0.15, 0.2) is 9.76 Å². The number of nitrogens with zero attached hydrogens (tertiary/aromatic N) is 2. The zero-order valence-corrected chi connectivity index (χ0v) is 6.22. The maximum absolute atomic E-state index is 5.41. The second-order valence-electron chi connectivity index (χ2n) is 0.846. The van der Waals surface area contributed by atoms with Crippen LogP contribution in [0.1, 0.15) is 0 Å². The molecule has 0 bridgehead atoms. The third-order valence-corrected chi connectivity index (χ3v) is 2.32. The summed E-state index contributed by atoms with van der Waals surface area (Å²) in [5.41, 5.74) is 0. The van der Waals surface area contributed by atoms with Crippen LogP contribution in [0.15, 0.2) is 4.60 Å². The Morgan fingerprint density at radius 2 is 2.29 bits per heavy atom. The SMILES string of the molecule is Clc1nsnc1Br. The molecule has 0 aliphatic rings. The summed E-state index contributed by atoms with van der Waals surface area (Å²) in [6, 6.07) is 0. The van der Waals surface area contributed by atoms with E-state index in [4.69, 9.17) is 11.6 Å². The van der Waals surface area contributed by atoms with E-state index in [1.165, 1.54) is 0 Å². The van der Waals surface area contributed by atoms with Crippen molar-refractivity contribution in [1.29, 1.82) is 0 Å². The van der Waals surface area contributed by atoms with Gasteiger partial charge in [0.2, 0.25) is 0 Å². The molecule has 38 valence electrons. The van der Waals surface area contributed by atoms with Gasteiger partial charge < -0.3 is 0 Å². The molecule has 0 spiro atoms. The van der Waals surface area contributed by atoms with Gasteiger partial charge in [0.1, 0.15) is 0 Å². The van der Waals surface area contributed by atoms with Crippen LogP contribution in [0.2, 0.25) is 5.15 Å². The first-order valence-corrected chi connectivity index (χ1v) is 3.34. The lowest BCUT2D eigenvalue weighted by molar-refractivity contribution is 1.46. The minimum absolute atomic E-state index is 0.435. The Kier molecular flexibility index (Phi) is 1.61. The van der Waals surface area contributed by atoms with Crippen molar-refractivity contribution in [2.24, 2.45) is 0 Å². The quantitative estimate of drug-likeness (QED) is 0.638. The number of hydrogen-bond donors (Lipinski definition) is 0. The third kappa shape index (κ3) is 1.11. The second kappa shape index (κ2) is 2.07. The van der Waals surface area contributed by atoms with Crippen LogP contribution >= 0.6 is 39.3 Å². The van der Waals surface area contributed by atoms with Gasteiger partial charge in [-0.15, -0.1) is 0 Å². The Morgan fingerprint density at radius 1 is 1.57 bits per heavy atom. The molecular formula is C2BrClN2S. The van der Waals surface area contributed by atoms with Crippen LogP contribution in [-0.4, -0.2) is 8.75 Å². The predicted octanol–water partition coefficient (Wildman–Crippen LogP) is 1.95. The summed E-state index contributed by atoms with van der Waals surface area (Å²) in [5, 5.41) is 0.435. The molecule has 7 heavy (non-hydrogen) atoms. The Balaban J connectivity index is 3.12. The van der Waals surface area contributed by atoms with E-state index in [1.54, 1.807) is 0 Å². The minimum atomic E-state index is 0.435. The van der Waals surface area contributed by atoms with Gasteiger partial charge in [0.05, 0.1) is 11.7 Å². The number of rotatable bonds is 0. The van der Waals surface area contributed by atoms with E-state index in [-0.39, 0.29) is 0 Å². The van der Waals surface area contributed by atoms with Gasteiger partial charge in [-0.1, -0.05) is 11.6 Å². The molecule has 2 nitrogen and oxygen atoms in total. The van der Waals surface area contributed by atoms with Gasteiger partial charge in [-0.3, -0.25) is 0 Å². The van der Waals surface area contributed by atoms with E-state index in [0.29, 0.717) is 9.76 Å². The molecule has 0 atom stereocenters. The van der Waals surface area contributed by atoms with Crippen LogP contribution in [0.5, 0.6) is 0 Å². The Hall–Kier alpha value is 0.330. The first-order chi connectivity index (χ1) is 3.30. The van der Waals surface area contributed by atoms with E-state index in [9.17, 15) is 0 Å². The van der Waals surface area contributed by atoms with Crippen LogP contribution in [0.3, 0.4) is 0 Å². The van der Waals surface area contributed by atoms with E-state index < -0.39 is 0 Å². The molecule has 0 aliphatic heterocycles. The molecule has 5 heteroatoms. The molecule has 0 N–H and O–H groups in total. The average Bonchev–Trinajstić information content (AvgIpc) is 1.91. The summed E-state index contributed by atoms with van der Waals surface area (Å²) in [7, 11) is 0. The van der Waals surface area contributed by atoms with Crippen molar-refractivity contribution in [3.8, 4) is 0 Å². The van der Waals surface area contributed by atoms with E-state index in [1.807, 2.05) is 0 Å². The van der Waals surface area contributed by atoms with Crippen LogP contribution in [0, 0.1) is 0 Å². The zero-order chi connectivity index (χ0) is 5.28. The molecular weight excluding hydrogens is 199 g/mol. The smallest absolute Gasteiger partial charge is 0.164 e. The fourth-order valence-corrected chi connectivity index (χ4v) is 1.11. The van der Waals surface area contributed by atoms with Gasteiger partial charge in [-0.05, 0) is 15.9 Å². The minimum Gasteiger partial charge on any atom is -0.164 e. The lowest BCUT2D eigenvalue weighted by atomic mass is 10.9. The van der Waals surface area contributed by atoms with Crippen LogP contribution in [0.25, 0.3) is 0 Å². The van der Waals surface area contributed by atoms with Gasteiger partial charge in [0, 0.05) is 0 Å². The summed E-state index contributed by atoms with van der Waals surface area (Å²) in [6.07, 6.45) is 0. The summed E-state index contributed by atoms with van der Waals surface area (Å²) < 4.78 is 8.02. The number of hydrogen-bond acceptors (Lipinski definition) is 3. The van der Waals surface area contributed by atoms with Gasteiger partial charge in [-0.25, -0.2) is 0 Å². The van der Waals surface area contributed by atoms with Gasteiger partial charge in [-0.2, -0.15) is 8.75 Å². The van der Waals surface area contributed by atoms with Crippen LogP contribution in [-0.2, 0) is 0 Å². The lowest BCUT2D eigenvalue weighted by Gasteiger charge is -1.69. The summed E-state index contributed by atoms with van der Waals surface area (Å²) in [4.78, 5) is 0. The molecule has 0 aromatic carbocycles. The van der Waals surface area contributed by atoms with Crippen LogP contribution < -0.4 is 0 Å². The number of aromatic nitrogens is 2. The normalized spacial score (nSPS) is 9.43. The molecule has 0 saturated carbocycles. The largest absolute Gasteiger partial charge is 0.177 e. The highest BCUT2D eigenvalue weighted by atomic mass is 79.9. The molecule has 0 fully saturated rings. The van der Waals surface area contributed by atoms with Crippen molar-refractivity contribution in [1.82, 2.24) is 8.75 Å². The van der Waals surface area contributed by atoms with E-state index in [2.05, 4.69) is 24.7 Å². The maximum Gasteiger partial charge on any atom is 0.177 e. The molecule has 1 rings (SSSR count). The van der Waals surface area contributed by atoms with E-state index >= 15 is 0 Å². The molecule has 1 aromatic rings. The van der Waals surface area contributed by atoms with Crippen molar-refractivity contribution in [3.63, 3.8) is 0 Å². The second-order valence-corrected chi connectivity index (χ2v) is 2.48. The molecule has 0 radical (unpaired) electrons. The van der Waals surface area contributed by atoms with Gasteiger partial charge in [0.25, 0.3) is 0 Å². The molecule has 0 saturated heterocycles. The highest BCUT2D eigenvalue weighted by Crippen LogP contribution is 2.17. The topological polar surface area (TPSA) is 25.8 Å². The zero-order valence-electron chi connectivity index (χ0n) is 3.06. The average molecular weight is 199 g/mol. The van der Waals surface area contributed by atoms with Crippen molar-refractivity contribution >= 4 is 39.3 Å². The Morgan fingerprint density at radius 3 is 2.43 bits per heavy atom. The van der Waals surface area contributed by atoms with Crippen molar-refractivity contribution in [2.75, 3.05) is 0 Å². The highest BCUT2D eigenvalue weighted by Gasteiger charge is 1.96. The summed E-state index contributed by atoms with van der Waals surface area (Å²) in [5.74, 6) is 0. The molecule has 1 aromatic heterocycles. The summed E-state index contributed by atoms with van der Waals surface area (Å²) in [6.45, 7) is 0. The van der Waals surface area contributed by atoms with Crippen molar-refractivity contribution in [2.45, 2.75) is 0 Å². The Bertz CT molecular complexity index is 148. The Labute approximate surface area is 58.0 Å². The molecule has 0 aliphatic carbocycles. The monoisotopic (exact) mass is 198 g/mol. The van der Waals surface area contributed by atoms with Crippen molar-refractivity contribution in [3.05, 3.63) is 9.76 Å². The fraction of sp³-hybridized carbons (Fsp3) is 0. The van der Waals surface area contributed by atoms with E-state index in [0.717, 1.165) is 11.7 Å². The first-order valence-electron chi connectivity index (χ1n) is 1.44. The highest BCUT2D eigenvalue weighted by molar-refractivity contribution is 9.10. The fourth-order valence-electron chi connectivity index (χ4n) is 0.167. The molecule has 0 unspecified atom stereocenters. The standard InChI is InChI=1S/C2BrClN2S/c3-1-2(4)6-7-5-1. The molecule has 0 amide bonds. The third-order valence-electron chi connectivity index (χ3n) is 0.412. The first kappa shape index (κ1) is 5.47. The molecule has 1 heterocycles. The predicted molar refractivity (Wildman–Crippen MR) is 32.6 cm³/mol. The van der Waals surface area contributed by atoms with Gasteiger partial charge >= 0.3 is 0 Å². The lowest BCUT2D eigenvalue weighted by Crippen LogP contribution is -1.56.